The minimum atomic E-state index is -8.80. The van der Waals surface area contributed by atoms with Crippen molar-refractivity contribution in [2.75, 3.05) is 13.2 Å². The van der Waals surface area contributed by atoms with Gasteiger partial charge >= 0.3 is 65.7 Å². The van der Waals surface area contributed by atoms with Crippen molar-refractivity contribution in [2.45, 2.75) is 133 Å². The third-order valence-corrected chi connectivity index (χ3v) is 7.47. The van der Waals surface area contributed by atoms with Crippen LogP contribution in [0.1, 0.15) is 61.3 Å². The molecule has 0 spiro atoms. The Morgan fingerprint density at radius 3 is 1.30 bits per heavy atom. The SMILES string of the molecule is CC(C)[C@H](NC(=O)[C@@H](CN[C@H](C(=O)OC(C)(C)C)C(C)C)C(F)(F)F)C(=O)OCCCC(F)(F)C(F)(F)C(F)(F)C(F)(F)C(F)(F)C(F)(F)C(F)(F)C(F)(F)F. The number of hydrogen-bond donors (Lipinski definition) is 2. The lowest BCUT2D eigenvalue weighted by Gasteiger charge is -2.42. The lowest BCUT2D eigenvalue weighted by Crippen LogP contribution is -2.74. The van der Waals surface area contributed by atoms with Crippen molar-refractivity contribution in [3.63, 3.8) is 0 Å². The molecular weight excluding hydrogens is 836 g/mol. The average molecular weight is 873 g/mol. The topological polar surface area (TPSA) is 93.7 Å². The highest BCUT2D eigenvalue weighted by atomic mass is 19.4. The molecule has 332 valence electrons. The number of amides is 1. The van der Waals surface area contributed by atoms with Gasteiger partial charge in [0.2, 0.25) is 5.91 Å². The molecule has 0 rings (SSSR count). The molecule has 3 atom stereocenters. The van der Waals surface area contributed by atoms with E-state index in [9.17, 15) is 102 Å². The van der Waals surface area contributed by atoms with Crippen molar-refractivity contribution < 1.29 is 112 Å². The van der Waals surface area contributed by atoms with E-state index in [0.717, 1.165) is 13.8 Å². The standard InChI is InChI=1S/C29H36F20N2O5/c1-12(2)15(19(54)56-20(5,6)7)50-11-14(22(32,33)34)17(52)51-16(13(3)4)18(53)55-10-8-9-21(30,31)23(35,36)24(37,38)25(39,40)26(41,42)27(43,44)28(45,46)29(47,48)49/h12-16,50H,8-11H2,1-7H3,(H,51,52)/t14-,15+,16+/m1/s1. The van der Waals surface area contributed by atoms with E-state index in [1.165, 1.54) is 34.6 Å². The highest BCUT2D eigenvalue weighted by Crippen LogP contribution is 2.64. The maximum atomic E-state index is 14.2. The zero-order valence-electron chi connectivity index (χ0n) is 29.8. The second-order valence-corrected chi connectivity index (χ2v) is 13.9. The van der Waals surface area contributed by atoms with Gasteiger partial charge in [0.25, 0.3) is 0 Å². The third kappa shape index (κ3) is 10.9. The summed E-state index contributed by atoms with van der Waals surface area (Å²) in [5.41, 5.74) is -1.09. The van der Waals surface area contributed by atoms with Crippen LogP contribution in [0.2, 0.25) is 0 Å². The van der Waals surface area contributed by atoms with Crippen LogP contribution in [0.5, 0.6) is 0 Å². The van der Waals surface area contributed by atoms with Gasteiger partial charge in [0, 0.05) is 13.0 Å². The summed E-state index contributed by atoms with van der Waals surface area (Å²) in [4.78, 5) is 37.6. The second kappa shape index (κ2) is 17.1. The number of rotatable bonds is 19. The molecule has 0 bridgehead atoms. The number of esters is 2. The van der Waals surface area contributed by atoms with Crippen LogP contribution in [0.3, 0.4) is 0 Å². The molecule has 0 aliphatic carbocycles. The van der Waals surface area contributed by atoms with E-state index in [4.69, 9.17) is 4.74 Å². The first kappa shape index (κ1) is 53.0. The monoisotopic (exact) mass is 872 g/mol. The number of carbonyl (C=O) groups excluding carboxylic acids is 3. The summed E-state index contributed by atoms with van der Waals surface area (Å²) in [5, 5.41) is 3.83. The number of ether oxygens (including phenoxy) is 2. The summed E-state index contributed by atoms with van der Waals surface area (Å²) >= 11 is 0. The van der Waals surface area contributed by atoms with Gasteiger partial charge in [-0.25, -0.2) is 4.79 Å². The molecule has 0 aliphatic rings. The van der Waals surface area contributed by atoms with E-state index in [0.29, 0.717) is 0 Å². The fraction of sp³-hybridized carbons (Fsp3) is 0.897. The van der Waals surface area contributed by atoms with Gasteiger partial charge in [0.1, 0.15) is 23.6 Å². The normalized spacial score (nSPS) is 16.4. The molecule has 2 N–H and O–H groups in total. The van der Waals surface area contributed by atoms with Crippen molar-refractivity contribution in [3.05, 3.63) is 0 Å². The van der Waals surface area contributed by atoms with Crippen LogP contribution in [0.4, 0.5) is 87.8 Å². The Morgan fingerprint density at radius 2 is 0.946 bits per heavy atom. The van der Waals surface area contributed by atoms with E-state index in [1.807, 2.05) is 0 Å². The highest BCUT2D eigenvalue weighted by Gasteiger charge is 2.95. The molecule has 0 saturated carbocycles. The quantitative estimate of drug-likeness (QED) is 0.0768. The molecule has 0 heterocycles. The molecule has 0 fully saturated rings. The molecule has 0 aromatic heterocycles. The first-order valence-corrected chi connectivity index (χ1v) is 15.6. The van der Waals surface area contributed by atoms with Crippen LogP contribution in [-0.2, 0) is 23.9 Å². The summed E-state index contributed by atoms with van der Waals surface area (Å²) in [6, 6.07) is -3.55. The molecule has 27 heteroatoms. The zero-order chi connectivity index (χ0) is 45.3. The summed E-state index contributed by atoms with van der Waals surface area (Å²) in [7, 11) is 0. The summed E-state index contributed by atoms with van der Waals surface area (Å²) < 4.78 is 280. The first-order valence-electron chi connectivity index (χ1n) is 15.6. The van der Waals surface area contributed by atoms with Gasteiger partial charge in [0.15, 0.2) is 0 Å². The molecule has 0 saturated heterocycles. The van der Waals surface area contributed by atoms with Crippen molar-refractivity contribution in [1.29, 1.82) is 0 Å². The van der Waals surface area contributed by atoms with Gasteiger partial charge in [-0.05, 0) is 39.0 Å². The van der Waals surface area contributed by atoms with Gasteiger partial charge in [0.05, 0.1) is 6.61 Å². The number of alkyl halides is 20. The summed E-state index contributed by atoms with van der Waals surface area (Å²) in [6.07, 6.45) is -18.1. The van der Waals surface area contributed by atoms with Crippen molar-refractivity contribution >= 4 is 17.8 Å². The fourth-order valence-electron chi connectivity index (χ4n) is 4.22. The third-order valence-electron chi connectivity index (χ3n) is 7.47. The Balaban J connectivity index is 6.03. The van der Waals surface area contributed by atoms with Gasteiger partial charge in [-0.15, -0.1) is 0 Å². The van der Waals surface area contributed by atoms with Crippen LogP contribution < -0.4 is 10.6 Å². The van der Waals surface area contributed by atoms with E-state index >= 15 is 0 Å². The predicted molar refractivity (Wildman–Crippen MR) is 150 cm³/mol. The fourth-order valence-corrected chi connectivity index (χ4v) is 4.22. The van der Waals surface area contributed by atoms with Crippen LogP contribution in [-0.4, -0.2) is 102 Å². The van der Waals surface area contributed by atoms with Crippen molar-refractivity contribution in [3.8, 4) is 0 Å². The molecule has 1 amide bonds. The Hall–Kier alpha value is -3.03. The van der Waals surface area contributed by atoms with Crippen LogP contribution >= 0.6 is 0 Å². The number of nitrogens with one attached hydrogen (secondary N) is 2. The van der Waals surface area contributed by atoms with Crippen molar-refractivity contribution in [1.82, 2.24) is 10.6 Å². The van der Waals surface area contributed by atoms with Gasteiger partial charge in [-0.2, -0.15) is 87.8 Å². The van der Waals surface area contributed by atoms with Gasteiger partial charge < -0.3 is 20.1 Å². The molecule has 56 heavy (non-hydrogen) atoms. The zero-order valence-corrected chi connectivity index (χ0v) is 29.8. The van der Waals surface area contributed by atoms with E-state index in [1.54, 1.807) is 5.32 Å². The maximum absolute atomic E-state index is 14.2. The molecule has 0 aromatic rings. The Morgan fingerprint density at radius 1 is 0.554 bits per heavy atom. The molecule has 0 aliphatic heterocycles. The lowest BCUT2D eigenvalue weighted by atomic mass is 9.88. The lowest BCUT2D eigenvalue weighted by molar-refractivity contribution is -0.461. The number of halogens is 20. The van der Waals surface area contributed by atoms with E-state index < -0.39 is 133 Å². The Kier molecular flexibility index (Phi) is 16.1. The molecule has 7 nitrogen and oxygen atoms in total. The number of carbonyl (C=O) groups is 3. The second-order valence-electron chi connectivity index (χ2n) is 13.9. The van der Waals surface area contributed by atoms with Crippen molar-refractivity contribution in [2.24, 2.45) is 17.8 Å². The van der Waals surface area contributed by atoms with E-state index in [2.05, 4.69) is 10.1 Å². The molecule has 0 unspecified atom stereocenters. The largest absolute Gasteiger partial charge is 0.464 e. The predicted octanol–water partition coefficient (Wildman–Crippen LogP) is 8.59. The Bertz CT molecular complexity index is 1360. The Labute approximate surface area is 304 Å². The molecule has 0 aromatic carbocycles. The van der Waals surface area contributed by atoms with E-state index in [-0.39, 0.29) is 0 Å². The van der Waals surface area contributed by atoms with Crippen LogP contribution in [0.15, 0.2) is 0 Å². The first-order chi connectivity index (χ1) is 24.4. The molecule has 0 radical (unpaired) electrons. The number of hydrogen-bond acceptors (Lipinski definition) is 6. The molecular formula is C29H36F20N2O5. The summed E-state index contributed by atoms with van der Waals surface area (Å²) in [5.74, 6) is -67.5. The average Bonchev–Trinajstić information content (AvgIpc) is 2.96. The smallest absolute Gasteiger partial charge is 0.460 e. The minimum Gasteiger partial charge on any atom is -0.464 e. The van der Waals surface area contributed by atoms with Crippen LogP contribution in [0.25, 0.3) is 0 Å². The summed E-state index contributed by atoms with van der Waals surface area (Å²) in [6.45, 7) is 6.25. The van der Waals surface area contributed by atoms with Gasteiger partial charge in [-0.1, -0.05) is 27.7 Å². The maximum Gasteiger partial charge on any atom is 0.460 e. The van der Waals surface area contributed by atoms with Crippen LogP contribution in [0, 0.1) is 17.8 Å². The highest BCUT2D eigenvalue weighted by molar-refractivity contribution is 5.86. The minimum absolute atomic E-state index is 0.711. The van der Waals surface area contributed by atoms with Gasteiger partial charge in [-0.3, -0.25) is 9.59 Å².